The van der Waals surface area contributed by atoms with Crippen LogP contribution >= 0.6 is 11.3 Å². The van der Waals surface area contributed by atoms with Gasteiger partial charge in [-0.2, -0.15) is 5.26 Å². The molecule has 4 nitrogen and oxygen atoms in total. The maximum absolute atomic E-state index is 8.52. The summed E-state index contributed by atoms with van der Waals surface area (Å²) in [7, 11) is 0. The SMILES string of the molecule is N#CCn1nncc1-c1cccs1. The highest BCUT2D eigenvalue weighted by molar-refractivity contribution is 7.13. The predicted octanol–water partition coefficient (Wildman–Crippen LogP) is 1.53. The summed E-state index contributed by atoms with van der Waals surface area (Å²) in [4.78, 5) is 1.08. The zero-order chi connectivity index (χ0) is 9.10. The fourth-order valence-corrected chi connectivity index (χ4v) is 1.80. The van der Waals surface area contributed by atoms with E-state index in [1.807, 2.05) is 23.6 Å². The third kappa shape index (κ3) is 1.44. The van der Waals surface area contributed by atoms with E-state index in [9.17, 15) is 0 Å². The van der Waals surface area contributed by atoms with Gasteiger partial charge in [-0.05, 0) is 11.4 Å². The molecular weight excluding hydrogens is 184 g/mol. The Morgan fingerprint density at radius 3 is 3.23 bits per heavy atom. The van der Waals surface area contributed by atoms with Crippen LogP contribution in [0, 0.1) is 11.3 Å². The summed E-state index contributed by atoms with van der Waals surface area (Å²) in [5.41, 5.74) is 0.900. The van der Waals surface area contributed by atoms with Crippen LogP contribution in [0.1, 0.15) is 0 Å². The van der Waals surface area contributed by atoms with Crippen LogP contribution in [0.5, 0.6) is 0 Å². The van der Waals surface area contributed by atoms with Crippen LogP contribution in [0.25, 0.3) is 10.6 Å². The fourth-order valence-electron chi connectivity index (χ4n) is 1.06. The molecule has 2 rings (SSSR count). The van der Waals surface area contributed by atoms with E-state index in [-0.39, 0.29) is 6.54 Å². The lowest BCUT2D eigenvalue weighted by Gasteiger charge is -1.96. The monoisotopic (exact) mass is 190 g/mol. The quantitative estimate of drug-likeness (QED) is 0.721. The molecule has 0 atom stereocenters. The highest BCUT2D eigenvalue weighted by atomic mass is 32.1. The molecule has 2 heterocycles. The van der Waals surface area contributed by atoms with Gasteiger partial charge in [-0.15, -0.1) is 16.4 Å². The van der Waals surface area contributed by atoms with E-state index in [0.29, 0.717) is 0 Å². The van der Waals surface area contributed by atoms with E-state index in [2.05, 4.69) is 10.3 Å². The van der Waals surface area contributed by atoms with Gasteiger partial charge in [0.05, 0.1) is 22.8 Å². The Labute approximate surface area is 79.0 Å². The third-order valence-electron chi connectivity index (χ3n) is 1.61. The number of rotatable bonds is 2. The molecule has 0 fully saturated rings. The van der Waals surface area contributed by atoms with Gasteiger partial charge in [0.2, 0.25) is 0 Å². The highest BCUT2D eigenvalue weighted by Gasteiger charge is 2.05. The maximum Gasteiger partial charge on any atom is 0.130 e. The van der Waals surface area contributed by atoms with Crippen molar-refractivity contribution in [3.8, 4) is 16.6 Å². The molecule has 0 radical (unpaired) electrons. The standard InChI is InChI=1S/C8H6N4S/c9-3-4-12-7(6-10-11-12)8-2-1-5-13-8/h1-2,5-6H,4H2. The van der Waals surface area contributed by atoms with Crippen molar-refractivity contribution in [2.75, 3.05) is 0 Å². The first-order valence-corrected chi connectivity index (χ1v) is 4.59. The molecule has 0 aromatic carbocycles. The summed E-state index contributed by atoms with van der Waals surface area (Å²) in [6, 6.07) is 5.98. The van der Waals surface area contributed by atoms with Crippen LogP contribution in [-0.2, 0) is 6.54 Å². The Bertz CT molecular complexity index is 423. The fraction of sp³-hybridized carbons (Fsp3) is 0.125. The molecule has 0 amide bonds. The molecule has 0 saturated heterocycles. The van der Waals surface area contributed by atoms with Crippen molar-refractivity contribution in [1.29, 1.82) is 5.26 Å². The minimum Gasteiger partial charge on any atom is -0.230 e. The summed E-state index contributed by atoms with van der Waals surface area (Å²) in [5, 5.41) is 18.1. The average molecular weight is 190 g/mol. The van der Waals surface area contributed by atoms with Crippen molar-refractivity contribution in [3.63, 3.8) is 0 Å². The minimum absolute atomic E-state index is 0.243. The normalized spacial score (nSPS) is 9.77. The smallest absolute Gasteiger partial charge is 0.130 e. The van der Waals surface area contributed by atoms with Gasteiger partial charge in [0.15, 0.2) is 0 Å². The highest BCUT2D eigenvalue weighted by Crippen LogP contribution is 2.22. The molecule has 0 aliphatic rings. The van der Waals surface area contributed by atoms with Gasteiger partial charge >= 0.3 is 0 Å². The lowest BCUT2D eigenvalue weighted by Crippen LogP contribution is -1.99. The number of hydrogen-bond acceptors (Lipinski definition) is 4. The molecule has 2 aromatic rings. The summed E-state index contributed by atoms with van der Waals surface area (Å²) in [6.07, 6.45) is 1.67. The van der Waals surface area contributed by atoms with Crippen LogP contribution in [0.3, 0.4) is 0 Å². The largest absolute Gasteiger partial charge is 0.230 e. The molecule has 0 N–H and O–H groups in total. The van der Waals surface area contributed by atoms with E-state index in [4.69, 9.17) is 5.26 Å². The second-order valence-electron chi connectivity index (χ2n) is 2.41. The second kappa shape index (κ2) is 3.37. The van der Waals surface area contributed by atoms with Crippen molar-refractivity contribution in [3.05, 3.63) is 23.7 Å². The number of hydrogen-bond donors (Lipinski definition) is 0. The first kappa shape index (κ1) is 7.95. The zero-order valence-electron chi connectivity index (χ0n) is 6.71. The van der Waals surface area contributed by atoms with Crippen LogP contribution in [0.4, 0.5) is 0 Å². The number of nitriles is 1. The van der Waals surface area contributed by atoms with Gasteiger partial charge < -0.3 is 0 Å². The van der Waals surface area contributed by atoms with Crippen molar-refractivity contribution in [2.45, 2.75) is 6.54 Å². The zero-order valence-corrected chi connectivity index (χ0v) is 7.53. The topological polar surface area (TPSA) is 54.5 Å². The third-order valence-corrected chi connectivity index (χ3v) is 2.50. The van der Waals surface area contributed by atoms with Gasteiger partial charge in [-0.25, -0.2) is 4.68 Å². The van der Waals surface area contributed by atoms with Crippen LogP contribution < -0.4 is 0 Å². The molecule has 13 heavy (non-hydrogen) atoms. The molecule has 64 valence electrons. The second-order valence-corrected chi connectivity index (χ2v) is 3.36. The molecule has 0 unspecified atom stereocenters. The summed E-state index contributed by atoms with van der Waals surface area (Å²) < 4.78 is 1.59. The Morgan fingerprint density at radius 1 is 1.62 bits per heavy atom. The van der Waals surface area contributed by atoms with Crippen LogP contribution in [0.15, 0.2) is 23.7 Å². The van der Waals surface area contributed by atoms with Gasteiger partial charge in [0.25, 0.3) is 0 Å². The average Bonchev–Trinajstić information content (AvgIpc) is 2.71. The lowest BCUT2D eigenvalue weighted by atomic mass is 10.4. The van der Waals surface area contributed by atoms with Crippen molar-refractivity contribution >= 4 is 11.3 Å². The first-order chi connectivity index (χ1) is 6.42. The molecular formula is C8H6N4S. The number of nitrogens with zero attached hydrogens (tertiary/aromatic N) is 4. The Kier molecular flexibility index (Phi) is 2.06. The summed E-state index contributed by atoms with van der Waals surface area (Å²) in [5.74, 6) is 0. The molecule has 0 spiro atoms. The van der Waals surface area contributed by atoms with Crippen molar-refractivity contribution in [1.82, 2.24) is 15.0 Å². The molecule has 0 saturated carbocycles. The molecule has 0 aliphatic carbocycles. The summed E-state index contributed by atoms with van der Waals surface area (Å²) >= 11 is 1.61. The van der Waals surface area contributed by atoms with E-state index in [0.717, 1.165) is 10.6 Å². The first-order valence-electron chi connectivity index (χ1n) is 3.71. The van der Waals surface area contributed by atoms with E-state index >= 15 is 0 Å². The predicted molar refractivity (Wildman–Crippen MR) is 48.9 cm³/mol. The Balaban J connectivity index is 2.42. The van der Waals surface area contributed by atoms with Crippen LogP contribution in [0.2, 0.25) is 0 Å². The lowest BCUT2D eigenvalue weighted by molar-refractivity contribution is 0.675. The molecule has 0 aliphatic heterocycles. The van der Waals surface area contributed by atoms with Gasteiger partial charge in [0, 0.05) is 0 Å². The van der Waals surface area contributed by atoms with E-state index in [1.54, 1.807) is 22.2 Å². The molecule has 2 aromatic heterocycles. The molecule has 0 bridgehead atoms. The Hall–Kier alpha value is -1.67. The van der Waals surface area contributed by atoms with Gasteiger partial charge in [-0.1, -0.05) is 11.3 Å². The number of thiophene rings is 1. The van der Waals surface area contributed by atoms with Crippen LogP contribution in [-0.4, -0.2) is 15.0 Å². The summed E-state index contributed by atoms with van der Waals surface area (Å²) in [6.45, 7) is 0.243. The maximum atomic E-state index is 8.52. The van der Waals surface area contributed by atoms with Gasteiger partial charge in [-0.3, -0.25) is 0 Å². The van der Waals surface area contributed by atoms with Crippen molar-refractivity contribution in [2.24, 2.45) is 0 Å². The van der Waals surface area contributed by atoms with E-state index in [1.165, 1.54) is 0 Å². The van der Waals surface area contributed by atoms with Crippen molar-refractivity contribution < 1.29 is 0 Å². The van der Waals surface area contributed by atoms with Gasteiger partial charge in [0.1, 0.15) is 6.54 Å². The molecule has 5 heteroatoms. The minimum atomic E-state index is 0.243. The number of aromatic nitrogens is 3. The van der Waals surface area contributed by atoms with E-state index < -0.39 is 0 Å². The Morgan fingerprint density at radius 2 is 2.54 bits per heavy atom.